The van der Waals surface area contributed by atoms with E-state index in [0.29, 0.717) is 0 Å². The minimum Gasteiger partial charge on any atom is -0.478 e. The number of oxime groups is 1. The standard InChI is InChI=1S/C18H25N9O10S2/c1-18(2,14(30)31)37-25-10(8-6-38-16(21)23-8)12(28)24-11-9(27(13(11)29)39(33,34)35)5-26-4-7(36-17(26)32)3-22-15(19)20/h6-7,9,11H,3-5H2,1-2H3,(H2,21,23)(H,24,28)(H,30,31)(H4,19,20,22)(H,33,34,35)/b25-10-/t7?,9-,11+/m1/s1. The molecule has 39 heavy (non-hydrogen) atoms. The molecule has 21 heteroatoms. The van der Waals surface area contributed by atoms with Crippen molar-refractivity contribution in [3.63, 3.8) is 0 Å². The van der Waals surface area contributed by atoms with Gasteiger partial charge in [-0.1, -0.05) is 5.16 Å². The van der Waals surface area contributed by atoms with Crippen LogP contribution in [-0.2, 0) is 34.3 Å². The minimum absolute atomic E-state index is 0.0287. The van der Waals surface area contributed by atoms with Crippen LogP contribution in [0.5, 0.6) is 0 Å². The highest BCUT2D eigenvalue weighted by molar-refractivity contribution is 7.84. The molecule has 0 bridgehead atoms. The summed E-state index contributed by atoms with van der Waals surface area (Å²) in [6.07, 6.45) is -1.67. The summed E-state index contributed by atoms with van der Waals surface area (Å²) in [5.74, 6) is -3.99. The number of hydrogen-bond donors (Lipinski definition) is 6. The second kappa shape index (κ2) is 10.9. The smallest absolute Gasteiger partial charge is 0.410 e. The van der Waals surface area contributed by atoms with Gasteiger partial charge in [-0.3, -0.25) is 14.1 Å². The number of thiazole rings is 1. The number of β-lactam (4-membered cyclic amide) rings is 1. The van der Waals surface area contributed by atoms with Gasteiger partial charge in [0.05, 0.1) is 19.1 Å². The lowest BCUT2D eigenvalue weighted by molar-refractivity contribution is -0.161. The molecule has 3 atom stereocenters. The van der Waals surface area contributed by atoms with E-state index in [1.165, 1.54) is 5.38 Å². The molecule has 0 saturated carbocycles. The third kappa shape index (κ3) is 6.61. The van der Waals surface area contributed by atoms with Crippen LogP contribution >= 0.6 is 11.3 Å². The normalized spacial score (nSPS) is 21.7. The Morgan fingerprint density at radius 2 is 2.03 bits per heavy atom. The van der Waals surface area contributed by atoms with E-state index in [0.717, 1.165) is 30.1 Å². The number of carbonyl (C=O) groups is 4. The first-order chi connectivity index (χ1) is 18.0. The highest BCUT2D eigenvalue weighted by atomic mass is 32.2. The number of nitrogens with one attached hydrogen (secondary N) is 1. The predicted molar refractivity (Wildman–Crippen MR) is 132 cm³/mol. The van der Waals surface area contributed by atoms with Gasteiger partial charge in [0.15, 0.2) is 16.8 Å². The number of aliphatic imine (C=N–C) groups is 1. The number of guanidine groups is 1. The molecule has 3 heterocycles. The van der Waals surface area contributed by atoms with Gasteiger partial charge >= 0.3 is 22.4 Å². The molecule has 0 aliphatic carbocycles. The van der Waals surface area contributed by atoms with E-state index in [2.05, 4.69) is 20.4 Å². The number of ether oxygens (including phenoxy) is 1. The number of nitrogens with zero attached hydrogens (tertiary/aromatic N) is 5. The number of nitrogens with two attached hydrogens (primary N) is 3. The number of cyclic esters (lactones) is 1. The van der Waals surface area contributed by atoms with Crippen molar-refractivity contribution >= 4 is 62.3 Å². The number of anilines is 1. The number of carboxylic acid groups (broad SMARTS) is 1. The molecule has 19 nitrogen and oxygen atoms in total. The van der Waals surface area contributed by atoms with Gasteiger partial charge in [0, 0.05) is 11.9 Å². The molecule has 0 aromatic carbocycles. The molecule has 1 aromatic rings. The van der Waals surface area contributed by atoms with Crippen LogP contribution in [0, 0.1) is 0 Å². The molecule has 2 fully saturated rings. The van der Waals surface area contributed by atoms with E-state index in [-0.39, 0.29) is 34.2 Å². The molecule has 2 aliphatic rings. The summed E-state index contributed by atoms with van der Waals surface area (Å²) in [6, 6.07) is -3.03. The van der Waals surface area contributed by atoms with E-state index in [9.17, 15) is 37.3 Å². The predicted octanol–water partition coefficient (Wildman–Crippen LogP) is -3.10. The van der Waals surface area contributed by atoms with Gasteiger partial charge in [-0.15, -0.1) is 11.3 Å². The first-order valence-corrected chi connectivity index (χ1v) is 13.1. The fourth-order valence-corrected chi connectivity index (χ4v) is 4.82. The summed E-state index contributed by atoms with van der Waals surface area (Å²) in [5, 5.41) is 16.4. The lowest BCUT2D eigenvalue weighted by atomic mass is 9.97. The van der Waals surface area contributed by atoms with Gasteiger partial charge < -0.3 is 42.1 Å². The fraction of sp³-hybridized carbons (Fsp3) is 0.500. The Kier molecular flexibility index (Phi) is 8.16. The van der Waals surface area contributed by atoms with Gasteiger partial charge in [-0.05, 0) is 13.8 Å². The summed E-state index contributed by atoms with van der Waals surface area (Å²) >= 11 is 0.924. The topological polar surface area (TPSA) is 296 Å². The van der Waals surface area contributed by atoms with Crippen molar-refractivity contribution in [2.24, 2.45) is 21.6 Å². The second-order valence-electron chi connectivity index (χ2n) is 8.72. The molecule has 0 radical (unpaired) electrons. The maximum absolute atomic E-state index is 13.1. The first kappa shape index (κ1) is 29.3. The second-order valence-corrected chi connectivity index (χ2v) is 10.9. The average Bonchev–Trinajstić information content (AvgIpc) is 3.39. The quantitative estimate of drug-likeness (QED) is 0.0488. The van der Waals surface area contributed by atoms with Crippen LogP contribution in [0.3, 0.4) is 0 Å². The van der Waals surface area contributed by atoms with E-state index >= 15 is 0 Å². The Morgan fingerprint density at radius 3 is 2.56 bits per heavy atom. The molecular formula is C18H25N9O10S2. The highest BCUT2D eigenvalue weighted by Crippen LogP contribution is 2.27. The van der Waals surface area contributed by atoms with Crippen LogP contribution in [0.2, 0.25) is 0 Å². The van der Waals surface area contributed by atoms with Gasteiger partial charge in [-0.2, -0.15) is 8.42 Å². The van der Waals surface area contributed by atoms with Crippen molar-refractivity contribution in [2.75, 3.05) is 25.4 Å². The summed E-state index contributed by atoms with van der Waals surface area (Å²) in [5.41, 5.74) is 13.6. The summed E-state index contributed by atoms with van der Waals surface area (Å²) in [4.78, 5) is 63.1. The molecule has 9 N–H and O–H groups in total. The monoisotopic (exact) mass is 591 g/mol. The van der Waals surface area contributed by atoms with Crippen LogP contribution in [0.1, 0.15) is 19.5 Å². The first-order valence-electron chi connectivity index (χ1n) is 10.8. The lowest BCUT2D eigenvalue weighted by Crippen LogP contribution is -2.74. The van der Waals surface area contributed by atoms with Crippen molar-refractivity contribution in [2.45, 2.75) is 37.6 Å². The van der Waals surface area contributed by atoms with Crippen molar-refractivity contribution in [1.82, 2.24) is 19.5 Å². The summed E-state index contributed by atoms with van der Waals surface area (Å²) < 4.78 is 38.4. The van der Waals surface area contributed by atoms with Crippen molar-refractivity contribution in [1.29, 1.82) is 0 Å². The Bertz CT molecular complexity index is 1340. The Hall–Kier alpha value is -4.24. The fourth-order valence-electron chi connectivity index (χ4n) is 3.40. The summed E-state index contributed by atoms with van der Waals surface area (Å²) in [7, 11) is -5.08. The lowest BCUT2D eigenvalue weighted by Gasteiger charge is -2.45. The Balaban J connectivity index is 1.84. The zero-order valence-corrected chi connectivity index (χ0v) is 22.0. The number of aliphatic carboxylic acids is 1. The maximum Gasteiger partial charge on any atom is 0.410 e. The van der Waals surface area contributed by atoms with Gasteiger partial charge in [0.25, 0.3) is 11.8 Å². The molecule has 3 rings (SSSR count). The van der Waals surface area contributed by atoms with Crippen LogP contribution in [0.25, 0.3) is 0 Å². The molecule has 214 valence electrons. The number of carboxylic acids is 1. The molecular weight excluding hydrogens is 566 g/mol. The van der Waals surface area contributed by atoms with Gasteiger partial charge in [0.2, 0.25) is 5.60 Å². The molecule has 0 spiro atoms. The van der Waals surface area contributed by atoms with Crippen LogP contribution in [-0.4, -0.2) is 111 Å². The minimum atomic E-state index is -5.08. The van der Waals surface area contributed by atoms with Crippen LogP contribution in [0.4, 0.5) is 9.93 Å². The molecule has 1 aromatic heterocycles. The zero-order chi connectivity index (χ0) is 29.3. The van der Waals surface area contributed by atoms with Crippen LogP contribution in [0.15, 0.2) is 15.5 Å². The van der Waals surface area contributed by atoms with E-state index < -0.39 is 70.2 Å². The number of amides is 3. The third-order valence-corrected chi connectivity index (χ3v) is 7.02. The number of rotatable bonds is 11. The number of hydrogen-bond acceptors (Lipinski definition) is 13. The average molecular weight is 592 g/mol. The largest absolute Gasteiger partial charge is 0.478 e. The Morgan fingerprint density at radius 1 is 1.36 bits per heavy atom. The van der Waals surface area contributed by atoms with Gasteiger partial charge in [-0.25, -0.2) is 23.9 Å². The Labute approximate surface area is 224 Å². The number of aromatic nitrogens is 1. The molecule has 3 amide bonds. The molecule has 2 aliphatic heterocycles. The van der Waals surface area contributed by atoms with E-state index in [4.69, 9.17) is 26.8 Å². The molecule has 1 unspecified atom stereocenters. The van der Waals surface area contributed by atoms with Crippen molar-refractivity contribution in [3.05, 3.63) is 11.1 Å². The van der Waals surface area contributed by atoms with Gasteiger partial charge in [0.1, 0.15) is 17.8 Å². The zero-order valence-electron chi connectivity index (χ0n) is 20.4. The SMILES string of the molecule is CC(C)(O/N=C(\C(=O)N[C@@H]1C(=O)N(S(=O)(=O)O)[C@@H]1CN1CC(CN=C(N)N)OC1=O)c1csc(N)n1)C(=O)O. The van der Waals surface area contributed by atoms with E-state index in [1.807, 2.05) is 0 Å². The molecule has 2 saturated heterocycles. The maximum atomic E-state index is 13.1. The highest BCUT2D eigenvalue weighted by Gasteiger charge is 2.55. The van der Waals surface area contributed by atoms with Crippen LogP contribution < -0.4 is 22.5 Å². The third-order valence-electron chi connectivity index (χ3n) is 5.40. The van der Waals surface area contributed by atoms with E-state index in [1.54, 1.807) is 0 Å². The number of carbonyl (C=O) groups excluding carboxylic acids is 3. The summed E-state index contributed by atoms with van der Waals surface area (Å²) in [6.45, 7) is 1.67. The number of nitrogen functional groups attached to an aromatic ring is 1. The van der Waals surface area contributed by atoms with Crippen molar-refractivity contribution < 1.29 is 46.8 Å². The van der Waals surface area contributed by atoms with Crippen molar-refractivity contribution in [3.8, 4) is 0 Å².